The van der Waals surface area contributed by atoms with Gasteiger partial charge in [-0.3, -0.25) is 4.98 Å². The van der Waals surface area contributed by atoms with E-state index in [1.165, 1.54) is 33.4 Å². The third kappa shape index (κ3) is 5.04. The van der Waals surface area contributed by atoms with Crippen molar-refractivity contribution in [3.63, 3.8) is 0 Å². The fraction of sp³-hybridized carbons (Fsp3) is 0.207. The summed E-state index contributed by atoms with van der Waals surface area (Å²) in [6.45, 7) is 6.83. The molecule has 0 saturated heterocycles. The molecule has 0 radical (unpaired) electrons. The molecule has 0 amide bonds. The molecule has 1 heteroatoms. The van der Waals surface area contributed by atoms with Crippen molar-refractivity contribution < 1.29 is 0 Å². The van der Waals surface area contributed by atoms with Crippen molar-refractivity contribution in [1.82, 2.24) is 4.98 Å². The summed E-state index contributed by atoms with van der Waals surface area (Å²) in [6.07, 6.45) is 3.89. The molecule has 0 bridgehead atoms. The summed E-state index contributed by atoms with van der Waals surface area (Å²) in [5.41, 5.74) is 9.01. The zero-order valence-corrected chi connectivity index (χ0v) is 18.1. The quantitative estimate of drug-likeness (QED) is 0.341. The summed E-state index contributed by atoms with van der Waals surface area (Å²) >= 11 is 0. The number of nitrogens with zero attached hydrogens (tertiary/aromatic N) is 1. The minimum atomic E-state index is 0.258. The maximum absolute atomic E-state index is 4.69. The first-order valence-corrected chi connectivity index (χ1v) is 10.7. The van der Waals surface area contributed by atoms with Gasteiger partial charge >= 0.3 is 0 Å². The molecule has 3 aromatic carbocycles. The van der Waals surface area contributed by atoms with Crippen LogP contribution in [0.2, 0.25) is 0 Å². The second kappa shape index (κ2) is 8.67. The van der Waals surface area contributed by atoms with Crippen LogP contribution in [0.5, 0.6) is 0 Å². The van der Waals surface area contributed by atoms with Crippen LogP contribution in [0.25, 0.3) is 22.4 Å². The molecule has 0 atom stereocenters. The Kier molecular flexibility index (Phi) is 5.81. The Labute approximate surface area is 180 Å². The van der Waals surface area contributed by atoms with Gasteiger partial charge in [-0.25, -0.2) is 0 Å². The first-order valence-electron chi connectivity index (χ1n) is 10.7. The topological polar surface area (TPSA) is 12.9 Å². The van der Waals surface area contributed by atoms with E-state index in [-0.39, 0.29) is 5.41 Å². The monoisotopic (exact) mass is 391 g/mol. The van der Waals surface area contributed by atoms with Gasteiger partial charge in [-0.05, 0) is 64.3 Å². The molecule has 1 nitrogen and oxygen atoms in total. The third-order valence-electron chi connectivity index (χ3n) is 5.28. The van der Waals surface area contributed by atoms with Crippen LogP contribution in [-0.4, -0.2) is 4.98 Å². The van der Waals surface area contributed by atoms with Crippen LogP contribution >= 0.6 is 0 Å². The summed E-state index contributed by atoms with van der Waals surface area (Å²) in [5, 5.41) is 0. The first kappa shape index (κ1) is 20.1. The van der Waals surface area contributed by atoms with Gasteiger partial charge in [-0.15, -0.1) is 0 Å². The molecule has 0 aliphatic heterocycles. The Morgan fingerprint density at radius 2 is 1.37 bits per heavy atom. The van der Waals surface area contributed by atoms with Crippen LogP contribution in [0, 0.1) is 5.41 Å². The van der Waals surface area contributed by atoms with Gasteiger partial charge in [-0.1, -0.05) is 93.6 Å². The minimum Gasteiger partial charge on any atom is -0.256 e. The lowest BCUT2D eigenvalue weighted by Crippen LogP contribution is -2.09. The van der Waals surface area contributed by atoms with E-state index >= 15 is 0 Å². The molecule has 4 aromatic rings. The Hall–Kier alpha value is -3.19. The fourth-order valence-electron chi connectivity index (χ4n) is 3.97. The molecule has 1 aromatic heterocycles. The normalized spacial score (nSPS) is 11.4. The number of pyridine rings is 1. The molecule has 0 saturated carbocycles. The second-order valence-electron chi connectivity index (χ2n) is 9.19. The Morgan fingerprint density at radius 3 is 2.07 bits per heavy atom. The SMILES string of the molecule is CC(C)(C)Cc1ccnc(-c2ccc(-c3ccccc3)c(Cc3ccccc3)c2)c1. The highest BCUT2D eigenvalue weighted by Crippen LogP contribution is 2.31. The molecule has 0 N–H and O–H groups in total. The Bertz CT molecular complexity index is 1110. The maximum Gasteiger partial charge on any atom is 0.0704 e. The van der Waals surface area contributed by atoms with Gasteiger partial charge in [0.1, 0.15) is 0 Å². The standard InChI is InChI=1S/C29H29N/c1-29(2,3)21-23-16-17-30-28(19-23)25-14-15-27(24-12-8-5-9-13-24)26(20-25)18-22-10-6-4-7-11-22/h4-17,19-20H,18,21H2,1-3H3. The molecular weight excluding hydrogens is 362 g/mol. The van der Waals surface area contributed by atoms with E-state index < -0.39 is 0 Å². The van der Waals surface area contributed by atoms with E-state index in [9.17, 15) is 0 Å². The first-order chi connectivity index (χ1) is 14.5. The van der Waals surface area contributed by atoms with E-state index in [0.29, 0.717) is 0 Å². The molecule has 30 heavy (non-hydrogen) atoms. The van der Waals surface area contributed by atoms with Gasteiger partial charge in [0.15, 0.2) is 0 Å². The lowest BCUT2D eigenvalue weighted by atomic mass is 9.87. The van der Waals surface area contributed by atoms with E-state index in [4.69, 9.17) is 4.98 Å². The number of hydrogen-bond acceptors (Lipinski definition) is 1. The lowest BCUT2D eigenvalue weighted by Gasteiger charge is -2.18. The average Bonchev–Trinajstić information content (AvgIpc) is 2.74. The Morgan fingerprint density at radius 1 is 0.667 bits per heavy atom. The predicted molar refractivity (Wildman–Crippen MR) is 128 cm³/mol. The highest BCUT2D eigenvalue weighted by atomic mass is 14.7. The molecule has 0 fully saturated rings. The van der Waals surface area contributed by atoms with Crippen molar-refractivity contribution in [3.8, 4) is 22.4 Å². The second-order valence-corrected chi connectivity index (χ2v) is 9.19. The number of rotatable bonds is 5. The summed E-state index contributed by atoms with van der Waals surface area (Å²) < 4.78 is 0. The van der Waals surface area contributed by atoms with E-state index in [2.05, 4.69) is 112 Å². The summed E-state index contributed by atoms with van der Waals surface area (Å²) in [6, 6.07) is 32.5. The maximum atomic E-state index is 4.69. The average molecular weight is 392 g/mol. The highest BCUT2D eigenvalue weighted by molar-refractivity contribution is 5.73. The van der Waals surface area contributed by atoms with Crippen LogP contribution in [0.1, 0.15) is 37.5 Å². The smallest absolute Gasteiger partial charge is 0.0704 e. The van der Waals surface area contributed by atoms with Crippen molar-refractivity contribution in [2.45, 2.75) is 33.6 Å². The third-order valence-corrected chi connectivity index (χ3v) is 5.28. The zero-order valence-electron chi connectivity index (χ0n) is 18.1. The number of benzene rings is 3. The highest BCUT2D eigenvalue weighted by Gasteiger charge is 2.13. The summed E-state index contributed by atoms with van der Waals surface area (Å²) in [7, 11) is 0. The fourth-order valence-corrected chi connectivity index (χ4v) is 3.97. The molecular formula is C29H29N. The molecule has 0 unspecified atom stereocenters. The Balaban J connectivity index is 1.75. The van der Waals surface area contributed by atoms with Crippen LogP contribution in [0.15, 0.2) is 97.2 Å². The minimum absolute atomic E-state index is 0.258. The largest absolute Gasteiger partial charge is 0.256 e. The number of hydrogen-bond donors (Lipinski definition) is 0. The van der Waals surface area contributed by atoms with Crippen molar-refractivity contribution in [2.75, 3.05) is 0 Å². The molecule has 150 valence electrons. The predicted octanol–water partition coefficient (Wildman–Crippen LogP) is 7.60. The van der Waals surface area contributed by atoms with Gasteiger partial charge < -0.3 is 0 Å². The molecule has 0 aliphatic rings. The van der Waals surface area contributed by atoms with E-state index in [1.807, 2.05) is 6.20 Å². The van der Waals surface area contributed by atoms with Crippen LogP contribution < -0.4 is 0 Å². The molecule has 0 aliphatic carbocycles. The van der Waals surface area contributed by atoms with Gasteiger partial charge in [-0.2, -0.15) is 0 Å². The van der Waals surface area contributed by atoms with E-state index in [0.717, 1.165) is 18.5 Å². The van der Waals surface area contributed by atoms with Gasteiger partial charge in [0.2, 0.25) is 0 Å². The van der Waals surface area contributed by atoms with Gasteiger partial charge in [0.25, 0.3) is 0 Å². The van der Waals surface area contributed by atoms with Gasteiger partial charge in [0.05, 0.1) is 5.69 Å². The van der Waals surface area contributed by atoms with Crippen LogP contribution in [0.4, 0.5) is 0 Å². The summed E-state index contributed by atoms with van der Waals surface area (Å²) in [4.78, 5) is 4.69. The van der Waals surface area contributed by atoms with Crippen molar-refractivity contribution in [3.05, 3.63) is 114 Å². The van der Waals surface area contributed by atoms with Gasteiger partial charge in [0, 0.05) is 11.8 Å². The lowest BCUT2D eigenvalue weighted by molar-refractivity contribution is 0.411. The van der Waals surface area contributed by atoms with Crippen LogP contribution in [0.3, 0.4) is 0 Å². The van der Waals surface area contributed by atoms with Crippen molar-refractivity contribution >= 4 is 0 Å². The van der Waals surface area contributed by atoms with E-state index in [1.54, 1.807) is 0 Å². The molecule has 4 rings (SSSR count). The molecule has 0 spiro atoms. The van der Waals surface area contributed by atoms with Crippen molar-refractivity contribution in [1.29, 1.82) is 0 Å². The zero-order chi connectivity index (χ0) is 21.0. The van der Waals surface area contributed by atoms with Crippen LogP contribution in [-0.2, 0) is 12.8 Å². The molecule has 1 heterocycles. The number of aromatic nitrogens is 1. The summed E-state index contributed by atoms with van der Waals surface area (Å²) in [5.74, 6) is 0. The van der Waals surface area contributed by atoms with Crippen molar-refractivity contribution in [2.24, 2.45) is 5.41 Å².